The first kappa shape index (κ1) is 25.3. The predicted octanol–water partition coefficient (Wildman–Crippen LogP) is 4.96. The van der Waals surface area contributed by atoms with Crippen molar-refractivity contribution in [3.8, 4) is 0 Å². The summed E-state index contributed by atoms with van der Waals surface area (Å²) in [6.07, 6.45) is 3.81. The van der Waals surface area contributed by atoms with E-state index in [0.717, 1.165) is 35.9 Å². The van der Waals surface area contributed by atoms with E-state index in [4.69, 9.17) is 27.9 Å². The van der Waals surface area contributed by atoms with Crippen molar-refractivity contribution in [1.29, 1.82) is 0 Å². The van der Waals surface area contributed by atoms with Crippen LogP contribution in [0.5, 0.6) is 0 Å². The van der Waals surface area contributed by atoms with Gasteiger partial charge in [0.2, 0.25) is 10.0 Å². The normalized spacial score (nSPS) is 16.1. The van der Waals surface area contributed by atoms with Crippen LogP contribution in [0.4, 0.5) is 0 Å². The third kappa shape index (κ3) is 5.40. The molecule has 4 rings (SSSR count). The quantitative estimate of drug-likeness (QED) is 0.441. The first-order valence-electron chi connectivity index (χ1n) is 11.0. The zero-order valence-corrected chi connectivity index (χ0v) is 21.8. The van der Waals surface area contributed by atoms with Crippen LogP contribution in [-0.2, 0) is 21.3 Å². The smallest absolute Gasteiger partial charge is 0.279 e. The van der Waals surface area contributed by atoms with Gasteiger partial charge in [-0.1, -0.05) is 47.4 Å². The van der Waals surface area contributed by atoms with E-state index in [2.05, 4.69) is 4.99 Å². The number of fused-ring (bicyclic) bond motifs is 1. The van der Waals surface area contributed by atoms with Gasteiger partial charge in [-0.05, 0) is 49.2 Å². The van der Waals surface area contributed by atoms with Gasteiger partial charge in [0.15, 0.2) is 4.80 Å². The van der Waals surface area contributed by atoms with Gasteiger partial charge in [0.1, 0.15) is 0 Å². The van der Waals surface area contributed by atoms with E-state index in [1.807, 2.05) is 4.57 Å². The molecule has 3 aromatic rings. The summed E-state index contributed by atoms with van der Waals surface area (Å²) in [4.78, 5) is 17.9. The summed E-state index contributed by atoms with van der Waals surface area (Å²) < 4.78 is 35.4. The SMILES string of the molecule is COCCn1c(=NC(=O)c2ccc(S(=O)(=O)N3CCCCCC3)cc2)sc2cc(Cl)cc(Cl)c21. The van der Waals surface area contributed by atoms with Crippen LogP contribution < -0.4 is 4.80 Å². The summed E-state index contributed by atoms with van der Waals surface area (Å²) in [6.45, 7) is 1.92. The number of ether oxygens (including phenoxy) is 1. The molecule has 7 nitrogen and oxygen atoms in total. The molecule has 0 radical (unpaired) electrons. The van der Waals surface area contributed by atoms with E-state index < -0.39 is 15.9 Å². The third-order valence-corrected chi connectivity index (χ3v) is 9.16. The topological polar surface area (TPSA) is 81.0 Å². The fraction of sp³-hybridized carbons (Fsp3) is 0.391. The lowest BCUT2D eigenvalue weighted by Crippen LogP contribution is -2.31. The second-order valence-electron chi connectivity index (χ2n) is 8.02. The lowest BCUT2D eigenvalue weighted by molar-refractivity contribution is 0.0997. The summed E-state index contributed by atoms with van der Waals surface area (Å²) in [6, 6.07) is 9.40. The van der Waals surface area contributed by atoms with Crippen LogP contribution in [0.3, 0.4) is 0 Å². The van der Waals surface area contributed by atoms with Crippen LogP contribution in [0, 0.1) is 0 Å². The monoisotopic (exact) mass is 541 g/mol. The van der Waals surface area contributed by atoms with E-state index in [1.54, 1.807) is 19.2 Å². The van der Waals surface area contributed by atoms with Crippen LogP contribution in [0.25, 0.3) is 10.2 Å². The van der Waals surface area contributed by atoms with Gasteiger partial charge >= 0.3 is 0 Å². The maximum atomic E-state index is 13.0. The minimum absolute atomic E-state index is 0.185. The molecule has 1 aromatic heterocycles. The Hall–Kier alpha value is -1.75. The van der Waals surface area contributed by atoms with Crippen molar-refractivity contribution in [2.75, 3.05) is 26.8 Å². The second-order valence-corrected chi connectivity index (χ2v) is 11.8. The van der Waals surface area contributed by atoms with Gasteiger partial charge in [-0.15, -0.1) is 0 Å². The molecule has 182 valence electrons. The van der Waals surface area contributed by atoms with Gasteiger partial charge in [-0.25, -0.2) is 8.42 Å². The van der Waals surface area contributed by atoms with Crippen LogP contribution in [-0.4, -0.2) is 50.0 Å². The number of benzene rings is 2. The molecule has 1 saturated heterocycles. The standard InChI is InChI=1S/C23H25Cl2N3O4S2/c1-32-13-12-28-21-19(25)14-17(24)15-20(21)33-23(28)26-22(29)16-6-8-18(9-7-16)34(30,31)27-10-4-2-3-5-11-27/h6-9,14-15H,2-5,10-13H2,1H3. The van der Waals surface area contributed by atoms with Crippen LogP contribution in [0.15, 0.2) is 46.3 Å². The first-order chi connectivity index (χ1) is 16.3. The molecule has 0 aliphatic carbocycles. The fourth-order valence-corrected chi connectivity index (χ4v) is 7.31. The molecule has 0 atom stereocenters. The number of rotatable bonds is 6. The molecule has 1 aliphatic rings. The minimum atomic E-state index is -3.58. The highest BCUT2D eigenvalue weighted by molar-refractivity contribution is 7.89. The third-order valence-electron chi connectivity index (χ3n) is 5.72. The van der Waals surface area contributed by atoms with E-state index >= 15 is 0 Å². The maximum absolute atomic E-state index is 13.0. The Balaban J connectivity index is 1.66. The van der Waals surface area contributed by atoms with Crippen molar-refractivity contribution in [2.24, 2.45) is 4.99 Å². The maximum Gasteiger partial charge on any atom is 0.279 e. The van der Waals surface area contributed by atoms with E-state index in [-0.39, 0.29) is 4.90 Å². The molecule has 2 aromatic carbocycles. The molecule has 2 heterocycles. The Kier molecular flexibility index (Phi) is 8.12. The molecular weight excluding hydrogens is 517 g/mol. The van der Waals surface area contributed by atoms with E-state index in [9.17, 15) is 13.2 Å². The van der Waals surface area contributed by atoms with Crippen molar-refractivity contribution in [3.05, 3.63) is 56.8 Å². The van der Waals surface area contributed by atoms with Crippen molar-refractivity contribution in [1.82, 2.24) is 8.87 Å². The molecular formula is C23H25Cl2N3O4S2. The van der Waals surface area contributed by atoms with Crippen molar-refractivity contribution in [2.45, 2.75) is 37.1 Å². The van der Waals surface area contributed by atoms with Crippen molar-refractivity contribution < 1.29 is 17.9 Å². The Labute approximate surface area is 212 Å². The fourth-order valence-electron chi connectivity index (χ4n) is 3.96. The highest BCUT2D eigenvalue weighted by atomic mass is 35.5. The summed E-state index contributed by atoms with van der Waals surface area (Å²) >= 11 is 13.9. The molecule has 1 aliphatic heterocycles. The number of nitrogens with zero attached hydrogens (tertiary/aromatic N) is 3. The number of hydrogen-bond donors (Lipinski definition) is 0. The number of methoxy groups -OCH3 is 1. The van der Waals surface area contributed by atoms with Gasteiger partial charge in [-0.3, -0.25) is 4.79 Å². The highest BCUT2D eigenvalue weighted by Gasteiger charge is 2.25. The summed E-state index contributed by atoms with van der Waals surface area (Å²) in [5, 5.41) is 0.962. The van der Waals surface area contributed by atoms with Crippen LogP contribution in [0.2, 0.25) is 10.0 Å². The average Bonchev–Trinajstić information content (AvgIpc) is 2.97. The molecule has 1 fully saturated rings. The molecule has 0 unspecified atom stereocenters. The Morgan fingerprint density at radius 1 is 1.09 bits per heavy atom. The molecule has 0 saturated carbocycles. The largest absolute Gasteiger partial charge is 0.383 e. The lowest BCUT2D eigenvalue weighted by Gasteiger charge is -2.19. The van der Waals surface area contributed by atoms with Crippen LogP contribution in [0.1, 0.15) is 36.0 Å². The number of halogens is 2. The van der Waals surface area contributed by atoms with Gasteiger partial charge in [0.05, 0.1) is 26.7 Å². The predicted molar refractivity (Wildman–Crippen MR) is 135 cm³/mol. The van der Waals surface area contributed by atoms with Crippen molar-refractivity contribution >= 4 is 60.7 Å². The van der Waals surface area contributed by atoms with Gasteiger partial charge < -0.3 is 9.30 Å². The Morgan fingerprint density at radius 2 is 1.76 bits per heavy atom. The number of carbonyl (C=O) groups is 1. The van der Waals surface area contributed by atoms with Gasteiger partial charge in [-0.2, -0.15) is 9.30 Å². The summed E-state index contributed by atoms with van der Waals surface area (Å²) in [5.41, 5.74) is 1.04. The van der Waals surface area contributed by atoms with Crippen LogP contribution >= 0.6 is 34.5 Å². The van der Waals surface area contributed by atoms with E-state index in [0.29, 0.717) is 46.7 Å². The summed E-state index contributed by atoms with van der Waals surface area (Å²) in [5.74, 6) is -0.473. The summed E-state index contributed by atoms with van der Waals surface area (Å²) in [7, 11) is -1.99. The zero-order valence-electron chi connectivity index (χ0n) is 18.7. The Morgan fingerprint density at radius 3 is 2.41 bits per heavy atom. The molecule has 11 heteroatoms. The van der Waals surface area contributed by atoms with Gasteiger partial charge in [0.25, 0.3) is 5.91 Å². The number of aromatic nitrogens is 1. The number of sulfonamides is 1. The first-order valence-corrected chi connectivity index (χ1v) is 14.0. The second kappa shape index (κ2) is 10.9. The lowest BCUT2D eigenvalue weighted by atomic mass is 10.2. The molecule has 1 amide bonds. The van der Waals surface area contributed by atoms with Crippen molar-refractivity contribution in [3.63, 3.8) is 0 Å². The van der Waals surface area contributed by atoms with Gasteiger partial charge in [0, 0.05) is 37.3 Å². The number of carbonyl (C=O) groups excluding carboxylic acids is 1. The number of hydrogen-bond acceptors (Lipinski definition) is 5. The Bertz CT molecular complexity index is 1360. The highest BCUT2D eigenvalue weighted by Crippen LogP contribution is 2.30. The molecule has 0 bridgehead atoms. The van der Waals surface area contributed by atoms with E-state index in [1.165, 1.54) is 39.9 Å². The zero-order chi connectivity index (χ0) is 24.3. The average molecular weight is 543 g/mol. The molecule has 34 heavy (non-hydrogen) atoms. The number of amides is 1. The number of thiazole rings is 1. The molecule has 0 spiro atoms. The molecule has 0 N–H and O–H groups in total. The minimum Gasteiger partial charge on any atom is -0.383 e.